The van der Waals surface area contributed by atoms with Crippen LogP contribution in [0.25, 0.3) is 0 Å². The largest absolute Gasteiger partial charge is 0.376 e. The number of aliphatic imine (C=N–C) groups is 1. The molecule has 2 aromatic rings. The number of anilines is 1. The van der Waals surface area contributed by atoms with Gasteiger partial charge in [-0.25, -0.2) is 0 Å². The summed E-state index contributed by atoms with van der Waals surface area (Å²) in [5.74, 6) is 0. The van der Waals surface area contributed by atoms with Gasteiger partial charge in [-0.05, 0) is 24.6 Å². The minimum absolute atomic E-state index is 0.0678. The first-order chi connectivity index (χ1) is 10.1. The Balaban J connectivity index is 1.93. The minimum Gasteiger partial charge on any atom is -0.376 e. The second-order valence-corrected chi connectivity index (χ2v) is 5.11. The average Bonchev–Trinajstić information content (AvgIpc) is 2.65. The number of hydrogen-bond acceptors (Lipinski definition) is 4. The minimum atomic E-state index is -0.383. The fraction of sp³-hybridized carbons (Fsp3) is 0.188. The molecule has 0 saturated carbocycles. The van der Waals surface area contributed by atoms with Gasteiger partial charge in [-0.2, -0.15) is 0 Å². The van der Waals surface area contributed by atoms with E-state index in [2.05, 4.69) is 10.3 Å². The first kappa shape index (κ1) is 13.3. The Morgan fingerprint density at radius 1 is 1.19 bits per heavy atom. The zero-order valence-electron chi connectivity index (χ0n) is 11.6. The van der Waals surface area contributed by atoms with Crippen molar-refractivity contribution in [2.75, 3.05) is 5.32 Å². The molecule has 5 heteroatoms. The van der Waals surface area contributed by atoms with E-state index in [-0.39, 0.29) is 16.7 Å². The van der Waals surface area contributed by atoms with Crippen molar-refractivity contribution in [1.29, 1.82) is 0 Å². The van der Waals surface area contributed by atoms with Crippen LogP contribution >= 0.6 is 0 Å². The molecule has 0 saturated heterocycles. The normalized spacial score (nSPS) is 17.2. The van der Waals surface area contributed by atoms with Gasteiger partial charge in [0.15, 0.2) is 0 Å². The number of benzene rings is 2. The van der Waals surface area contributed by atoms with Gasteiger partial charge in [0.05, 0.1) is 22.3 Å². The molecule has 2 aromatic carbocycles. The lowest BCUT2D eigenvalue weighted by molar-refractivity contribution is -0.384. The SMILES string of the molecule is CC1=Nc2ccccc2NC(c2ccc([N+](=O)[O-])cc2)C1. The van der Waals surface area contributed by atoms with Crippen LogP contribution in [0.2, 0.25) is 0 Å². The van der Waals surface area contributed by atoms with Crippen molar-refractivity contribution in [3.8, 4) is 0 Å². The zero-order chi connectivity index (χ0) is 14.8. The molecule has 1 atom stereocenters. The molecule has 0 spiro atoms. The van der Waals surface area contributed by atoms with E-state index in [9.17, 15) is 10.1 Å². The highest BCUT2D eigenvalue weighted by Gasteiger charge is 2.18. The number of rotatable bonds is 2. The topological polar surface area (TPSA) is 67.5 Å². The summed E-state index contributed by atoms with van der Waals surface area (Å²) < 4.78 is 0. The fourth-order valence-electron chi connectivity index (χ4n) is 2.51. The molecular formula is C16H15N3O2. The van der Waals surface area contributed by atoms with Crippen LogP contribution < -0.4 is 5.32 Å². The van der Waals surface area contributed by atoms with Crippen LogP contribution in [0.3, 0.4) is 0 Å². The average molecular weight is 281 g/mol. The molecule has 106 valence electrons. The van der Waals surface area contributed by atoms with Crippen molar-refractivity contribution in [1.82, 2.24) is 0 Å². The zero-order valence-corrected chi connectivity index (χ0v) is 11.6. The summed E-state index contributed by atoms with van der Waals surface area (Å²) in [6, 6.07) is 14.7. The quantitative estimate of drug-likeness (QED) is 0.661. The number of nitro groups is 1. The lowest BCUT2D eigenvalue weighted by Crippen LogP contribution is -2.12. The maximum absolute atomic E-state index is 10.7. The molecule has 0 aromatic heterocycles. The summed E-state index contributed by atoms with van der Waals surface area (Å²) in [6.07, 6.45) is 0.770. The molecular weight excluding hydrogens is 266 g/mol. The van der Waals surface area contributed by atoms with Gasteiger partial charge in [0.2, 0.25) is 0 Å². The molecule has 1 heterocycles. The van der Waals surface area contributed by atoms with Gasteiger partial charge < -0.3 is 5.32 Å². The first-order valence-corrected chi connectivity index (χ1v) is 6.77. The van der Waals surface area contributed by atoms with E-state index < -0.39 is 0 Å². The van der Waals surface area contributed by atoms with Crippen molar-refractivity contribution in [3.63, 3.8) is 0 Å². The number of para-hydroxylation sites is 2. The first-order valence-electron chi connectivity index (χ1n) is 6.77. The smallest absolute Gasteiger partial charge is 0.269 e. The molecule has 1 unspecified atom stereocenters. The second kappa shape index (κ2) is 5.36. The molecule has 21 heavy (non-hydrogen) atoms. The van der Waals surface area contributed by atoms with Gasteiger partial charge in [-0.15, -0.1) is 0 Å². The third kappa shape index (κ3) is 2.76. The summed E-state index contributed by atoms with van der Waals surface area (Å²) >= 11 is 0. The summed E-state index contributed by atoms with van der Waals surface area (Å²) in [6.45, 7) is 2.00. The van der Waals surface area contributed by atoms with Crippen LogP contribution in [0.15, 0.2) is 53.5 Å². The number of nitrogens with zero attached hydrogens (tertiary/aromatic N) is 2. The molecule has 0 aliphatic carbocycles. The summed E-state index contributed by atoms with van der Waals surface area (Å²) in [5.41, 5.74) is 4.08. The number of nitro benzene ring substituents is 1. The molecule has 0 fully saturated rings. The maximum atomic E-state index is 10.7. The molecule has 1 N–H and O–H groups in total. The number of hydrogen-bond donors (Lipinski definition) is 1. The van der Waals surface area contributed by atoms with Crippen molar-refractivity contribution < 1.29 is 4.92 Å². The molecule has 1 aliphatic rings. The monoisotopic (exact) mass is 281 g/mol. The predicted octanol–water partition coefficient (Wildman–Crippen LogP) is 4.24. The van der Waals surface area contributed by atoms with E-state index in [1.165, 1.54) is 0 Å². The van der Waals surface area contributed by atoms with Crippen molar-refractivity contribution in [2.24, 2.45) is 4.99 Å². The van der Waals surface area contributed by atoms with E-state index in [1.807, 2.05) is 31.2 Å². The highest BCUT2D eigenvalue weighted by Crippen LogP contribution is 2.34. The molecule has 1 aliphatic heterocycles. The van der Waals surface area contributed by atoms with Gasteiger partial charge in [0.1, 0.15) is 0 Å². The van der Waals surface area contributed by atoms with Gasteiger partial charge in [-0.3, -0.25) is 15.1 Å². The van der Waals surface area contributed by atoms with Gasteiger partial charge in [0.25, 0.3) is 5.69 Å². The highest BCUT2D eigenvalue weighted by molar-refractivity contribution is 5.89. The molecule has 0 bridgehead atoms. The summed E-state index contributed by atoms with van der Waals surface area (Å²) in [4.78, 5) is 15.0. The lowest BCUT2D eigenvalue weighted by Gasteiger charge is -2.18. The van der Waals surface area contributed by atoms with Crippen molar-refractivity contribution >= 4 is 22.8 Å². The highest BCUT2D eigenvalue weighted by atomic mass is 16.6. The van der Waals surface area contributed by atoms with E-state index in [0.29, 0.717) is 0 Å². The summed E-state index contributed by atoms with van der Waals surface area (Å²) in [7, 11) is 0. The number of nitrogens with one attached hydrogen (secondary N) is 1. The Labute approximate surface area is 122 Å². The Morgan fingerprint density at radius 3 is 2.62 bits per heavy atom. The van der Waals surface area contributed by atoms with Crippen molar-refractivity contribution in [2.45, 2.75) is 19.4 Å². The Kier molecular flexibility index (Phi) is 3.39. The fourth-order valence-corrected chi connectivity index (χ4v) is 2.51. The lowest BCUT2D eigenvalue weighted by atomic mass is 10.0. The van der Waals surface area contributed by atoms with Gasteiger partial charge in [-0.1, -0.05) is 24.3 Å². The predicted molar refractivity (Wildman–Crippen MR) is 83.3 cm³/mol. The van der Waals surface area contributed by atoms with Crippen LogP contribution in [-0.4, -0.2) is 10.6 Å². The van der Waals surface area contributed by atoms with Gasteiger partial charge >= 0.3 is 0 Å². The molecule has 3 rings (SSSR count). The van der Waals surface area contributed by atoms with E-state index in [1.54, 1.807) is 24.3 Å². The Hall–Kier alpha value is -2.69. The van der Waals surface area contributed by atoms with Crippen LogP contribution in [0.4, 0.5) is 17.1 Å². The van der Waals surface area contributed by atoms with Crippen LogP contribution in [0, 0.1) is 10.1 Å². The van der Waals surface area contributed by atoms with Crippen LogP contribution in [0.1, 0.15) is 24.9 Å². The Morgan fingerprint density at radius 2 is 1.90 bits per heavy atom. The van der Waals surface area contributed by atoms with E-state index in [0.717, 1.165) is 29.1 Å². The molecule has 0 amide bonds. The third-order valence-corrected chi connectivity index (χ3v) is 3.55. The second-order valence-electron chi connectivity index (χ2n) is 5.11. The molecule has 0 radical (unpaired) electrons. The van der Waals surface area contributed by atoms with E-state index >= 15 is 0 Å². The number of non-ortho nitro benzene ring substituents is 1. The van der Waals surface area contributed by atoms with Gasteiger partial charge in [0, 0.05) is 24.3 Å². The number of fused-ring (bicyclic) bond motifs is 1. The van der Waals surface area contributed by atoms with Crippen LogP contribution in [0.5, 0.6) is 0 Å². The maximum Gasteiger partial charge on any atom is 0.269 e. The Bertz CT molecular complexity index is 708. The molecule has 5 nitrogen and oxygen atoms in total. The third-order valence-electron chi connectivity index (χ3n) is 3.55. The van der Waals surface area contributed by atoms with E-state index in [4.69, 9.17) is 0 Å². The van der Waals surface area contributed by atoms with Crippen molar-refractivity contribution in [3.05, 3.63) is 64.2 Å². The standard InChI is InChI=1S/C16H15N3O2/c1-11-10-16(12-6-8-13(9-7-12)19(20)21)18-15-5-3-2-4-14(15)17-11/h2-9,16,18H,10H2,1H3. The van der Waals surface area contributed by atoms with Crippen LogP contribution in [-0.2, 0) is 0 Å². The summed E-state index contributed by atoms with van der Waals surface area (Å²) in [5, 5.41) is 14.2.